The Bertz CT molecular complexity index is 1100. The lowest BCUT2D eigenvalue weighted by Crippen LogP contribution is -2.22. The second-order valence-electron chi connectivity index (χ2n) is 6.65. The fraction of sp³-hybridized carbons (Fsp3) is 0.208. The van der Waals surface area contributed by atoms with Gasteiger partial charge in [-0.25, -0.2) is 4.79 Å². The second kappa shape index (κ2) is 10.1. The van der Waals surface area contributed by atoms with Gasteiger partial charge in [-0.3, -0.25) is 9.78 Å². The van der Waals surface area contributed by atoms with Crippen LogP contribution < -0.4 is 5.32 Å². The number of hydrogen-bond acceptors (Lipinski definition) is 5. The van der Waals surface area contributed by atoms with Crippen molar-refractivity contribution in [3.8, 4) is 0 Å². The second-order valence-corrected chi connectivity index (χ2v) is 7.71. The van der Waals surface area contributed by atoms with Crippen molar-refractivity contribution in [2.45, 2.75) is 25.2 Å². The topological polar surface area (TPSA) is 68.3 Å². The summed E-state index contributed by atoms with van der Waals surface area (Å²) in [4.78, 5) is 30.7. The summed E-state index contributed by atoms with van der Waals surface area (Å²) in [5, 5.41) is 3.71. The maximum atomic E-state index is 12.8. The van der Waals surface area contributed by atoms with Crippen molar-refractivity contribution in [1.82, 2.24) is 4.98 Å². The first-order chi connectivity index (χ1) is 14.5. The molecule has 0 saturated carbocycles. The number of nitrogens with zero attached hydrogens (tertiary/aromatic N) is 1. The summed E-state index contributed by atoms with van der Waals surface area (Å²) in [6, 6.07) is 15.2. The predicted molar refractivity (Wildman–Crippen MR) is 122 cm³/mol. The van der Waals surface area contributed by atoms with Gasteiger partial charge in [0, 0.05) is 16.0 Å². The van der Waals surface area contributed by atoms with Gasteiger partial charge in [-0.2, -0.15) is 0 Å². The van der Waals surface area contributed by atoms with E-state index in [0.29, 0.717) is 23.4 Å². The third kappa shape index (κ3) is 4.89. The highest BCUT2D eigenvalue weighted by Gasteiger charge is 2.20. The van der Waals surface area contributed by atoms with Gasteiger partial charge in [0.05, 0.1) is 22.5 Å². The van der Waals surface area contributed by atoms with Crippen molar-refractivity contribution in [1.29, 1.82) is 0 Å². The molecule has 1 amide bonds. The number of carbonyl (C=O) groups excluding carboxylic acids is 2. The van der Waals surface area contributed by atoms with Crippen LogP contribution in [0.15, 0.2) is 66.1 Å². The van der Waals surface area contributed by atoms with Crippen molar-refractivity contribution >= 4 is 40.2 Å². The minimum Gasteiger partial charge on any atom is -0.452 e. The highest BCUT2D eigenvalue weighted by atomic mass is 32.2. The zero-order chi connectivity index (χ0) is 21.5. The molecule has 154 valence electrons. The number of esters is 1. The van der Waals surface area contributed by atoms with E-state index in [2.05, 4.69) is 16.9 Å². The number of benzene rings is 2. The molecule has 0 saturated heterocycles. The van der Waals surface area contributed by atoms with Crippen LogP contribution >= 0.6 is 11.8 Å². The molecule has 0 fully saturated rings. The SMILES string of the molecule is C=CCSc1ccccc1NC(=O)COC(=O)c1c(CC)nc2ccccc2c1C. The number of ether oxygens (including phenoxy) is 1. The van der Waals surface area contributed by atoms with Crippen LogP contribution in [0.4, 0.5) is 5.69 Å². The first kappa shape index (κ1) is 21.6. The van der Waals surface area contributed by atoms with E-state index in [1.807, 2.05) is 62.4 Å². The van der Waals surface area contributed by atoms with E-state index in [0.717, 1.165) is 27.1 Å². The van der Waals surface area contributed by atoms with Gasteiger partial charge >= 0.3 is 5.97 Å². The summed E-state index contributed by atoms with van der Waals surface area (Å²) in [7, 11) is 0. The van der Waals surface area contributed by atoms with Crippen LogP contribution in [0.1, 0.15) is 28.5 Å². The third-order valence-electron chi connectivity index (χ3n) is 4.62. The molecular weight excluding hydrogens is 396 g/mol. The molecule has 0 spiro atoms. The molecule has 3 aromatic rings. The molecule has 1 heterocycles. The average Bonchev–Trinajstić information content (AvgIpc) is 2.76. The van der Waals surface area contributed by atoms with E-state index in [1.165, 1.54) is 0 Å². The molecule has 1 aromatic heterocycles. The molecule has 0 aliphatic carbocycles. The number of carbonyl (C=O) groups is 2. The molecule has 0 aliphatic heterocycles. The molecule has 0 radical (unpaired) electrons. The summed E-state index contributed by atoms with van der Waals surface area (Å²) in [5.74, 6) is -0.192. The van der Waals surface area contributed by atoms with Gasteiger partial charge in [0.25, 0.3) is 5.91 Å². The number of nitrogens with one attached hydrogen (secondary N) is 1. The Balaban J connectivity index is 1.73. The van der Waals surface area contributed by atoms with Crippen LogP contribution in [-0.4, -0.2) is 29.2 Å². The van der Waals surface area contributed by atoms with Gasteiger partial charge in [0.2, 0.25) is 0 Å². The van der Waals surface area contributed by atoms with E-state index in [-0.39, 0.29) is 12.5 Å². The number of amides is 1. The molecule has 1 N–H and O–H groups in total. The van der Waals surface area contributed by atoms with Crippen LogP contribution in [0.3, 0.4) is 0 Å². The summed E-state index contributed by atoms with van der Waals surface area (Å²) in [6.07, 6.45) is 2.40. The molecule has 0 unspecified atom stereocenters. The number of anilines is 1. The minimum absolute atomic E-state index is 0.366. The summed E-state index contributed by atoms with van der Waals surface area (Å²) in [6.45, 7) is 7.17. The maximum absolute atomic E-state index is 12.8. The van der Waals surface area contributed by atoms with E-state index in [4.69, 9.17) is 4.74 Å². The molecule has 30 heavy (non-hydrogen) atoms. The monoisotopic (exact) mass is 420 g/mol. The van der Waals surface area contributed by atoms with E-state index >= 15 is 0 Å². The first-order valence-corrected chi connectivity index (χ1v) is 10.7. The zero-order valence-electron chi connectivity index (χ0n) is 17.1. The number of fused-ring (bicyclic) bond motifs is 1. The van der Waals surface area contributed by atoms with Gasteiger partial charge in [0.1, 0.15) is 0 Å². The van der Waals surface area contributed by atoms with Gasteiger partial charge < -0.3 is 10.1 Å². The molecule has 6 heteroatoms. The van der Waals surface area contributed by atoms with Crippen molar-refractivity contribution in [2.24, 2.45) is 0 Å². The number of pyridine rings is 1. The average molecular weight is 421 g/mol. The Hall–Kier alpha value is -3.12. The highest BCUT2D eigenvalue weighted by molar-refractivity contribution is 7.99. The number of aryl methyl sites for hydroxylation is 2. The minimum atomic E-state index is -0.535. The number of hydrogen-bond donors (Lipinski definition) is 1. The number of rotatable bonds is 8. The largest absolute Gasteiger partial charge is 0.452 e. The molecular formula is C24H24N2O3S. The van der Waals surface area contributed by atoms with E-state index < -0.39 is 5.97 Å². The Kier molecular flexibility index (Phi) is 7.25. The van der Waals surface area contributed by atoms with Crippen LogP contribution in [0, 0.1) is 6.92 Å². The molecule has 3 rings (SSSR count). The summed E-state index contributed by atoms with van der Waals surface area (Å²) in [5.41, 5.74) is 3.45. The number of aromatic nitrogens is 1. The molecule has 0 bridgehead atoms. The fourth-order valence-corrected chi connectivity index (χ4v) is 3.95. The van der Waals surface area contributed by atoms with Crippen LogP contribution in [0.5, 0.6) is 0 Å². The van der Waals surface area contributed by atoms with Crippen LogP contribution in [-0.2, 0) is 16.0 Å². The van der Waals surface area contributed by atoms with Gasteiger partial charge in [-0.1, -0.05) is 43.3 Å². The Morgan fingerprint density at radius 1 is 1.17 bits per heavy atom. The van der Waals surface area contributed by atoms with Crippen molar-refractivity contribution in [2.75, 3.05) is 17.7 Å². The molecule has 0 aliphatic rings. The van der Waals surface area contributed by atoms with E-state index in [1.54, 1.807) is 17.8 Å². The maximum Gasteiger partial charge on any atom is 0.340 e. The molecule has 2 aromatic carbocycles. The Labute approximate surface area is 180 Å². The number of thioether (sulfide) groups is 1. The summed E-state index contributed by atoms with van der Waals surface area (Å²) < 4.78 is 5.34. The van der Waals surface area contributed by atoms with Gasteiger partial charge in [-0.05, 0) is 37.1 Å². The predicted octanol–water partition coefficient (Wildman–Crippen LogP) is 5.18. The van der Waals surface area contributed by atoms with Crippen molar-refractivity contribution in [3.05, 3.63) is 78.0 Å². The van der Waals surface area contributed by atoms with Gasteiger partial charge in [0.15, 0.2) is 6.61 Å². The van der Waals surface area contributed by atoms with Crippen molar-refractivity contribution in [3.63, 3.8) is 0 Å². The highest BCUT2D eigenvalue weighted by Crippen LogP contribution is 2.27. The van der Waals surface area contributed by atoms with Crippen molar-refractivity contribution < 1.29 is 14.3 Å². The number of para-hydroxylation sites is 2. The van der Waals surface area contributed by atoms with Gasteiger partial charge in [-0.15, -0.1) is 18.3 Å². The fourth-order valence-electron chi connectivity index (χ4n) is 3.20. The zero-order valence-corrected chi connectivity index (χ0v) is 17.9. The lowest BCUT2D eigenvalue weighted by Gasteiger charge is -2.14. The normalized spacial score (nSPS) is 10.6. The Morgan fingerprint density at radius 3 is 2.67 bits per heavy atom. The quantitative estimate of drug-likeness (QED) is 0.309. The smallest absolute Gasteiger partial charge is 0.340 e. The standard InChI is InChI=1S/C24H24N2O3S/c1-4-14-30-21-13-9-8-12-20(21)26-22(27)15-29-24(28)23-16(3)17-10-6-7-11-19(17)25-18(23)5-2/h4,6-13H,1,5,14-15H2,2-3H3,(H,26,27). The molecule has 5 nitrogen and oxygen atoms in total. The third-order valence-corrected chi connectivity index (χ3v) is 5.69. The lowest BCUT2D eigenvalue weighted by atomic mass is 10.0. The lowest BCUT2D eigenvalue weighted by molar-refractivity contribution is -0.119. The van der Waals surface area contributed by atoms with E-state index in [9.17, 15) is 9.59 Å². The first-order valence-electron chi connectivity index (χ1n) is 9.73. The Morgan fingerprint density at radius 2 is 1.90 bits per heavy atom. The molecule has 0 atom stereocenters. The van der Waals surface area contributed by atoms with Crippen LogP contribution in [0.25, 0.3) is 10.9 Å². The van der Waals surface area contributed by atoms with Crippen LogP contribution in [0.2, 0.25) is 0 Å². The summed E-state index contributed by atoms with van der Waals surface area (Å²) >= 11 is 1.57.